The van der Waals surface area contributed by atoms with Crippen LogP contribution in [0.1, 0.15) is 23.0 Å². The zero-order valence-electron chi connectivity index (χ0n) is 13.4. The highest BCUT2D eigenvalue weighted by Gasteiger charge is 2.07. The number of ether oxygens (including phenoxy) is 1. The van der Waals surface area contributed by atoms with Gasteiger partial charge in [-0.15, -0.1) is 0 Å². The van der Waals surface area contributed by atoms with Gasteiger partial charge in [-0.05, 0) is 74.5 Å². The summed E-state index contributed by atoms with van der Waals surface area (Å²) >= 11 is 0. The Morgan fingerprint density at radius 3 is 2.04 bits per heavy atom. The van der Waals surface area contributed by atoms with Crippen LogP contribution in [0.25, 0.3) is 11.3 Å². The van der Waals surface area contributed by atoms with Crippen LogP contribution in [0, 0.1) is 12.7 Å². The number of Topliss-reactive ketones (excluding diaryl/α,β-unsaturated/α-hetero) is 1. The molecule has 0 spiro atoms. The number of rotatable bonds is 4. The maximum Gasteiger partial charge on any atom is 0.161 e. The Balaban J connectivity index is 1.80. The van der Waals surface area contributed by atoms with Crippen molar-refractivity contribution in [3.8, 4) is 22.8 Å². The van der Waals surface area contributed by atoms with Crippen LogP contribution >= 0.6 is 0 Å². The number of aryl methyl sites for hydroxylation is 1. The largest absolute Gasteiger partial charge is 0.457 e. The maximum atomic E-state index is 12.9. The summed E-state index contributed by atoms with van der Waals surface area (Å²) in [5, 5.41) is 0. The topological polar surface area (TPSA) is 39.2 Å². The maximum absolute atomic E-state index is 12.9. The standard InChI is InChI=1S/C20H16FNO2/c1-13-19(14(2)23)11-12-20(22-13)15-3-7-17(8-4-15)24-18-9-5-16(21)6-10-18/h3-12H,1-2H3. The van der Waals surface area contributed by atoms with Gasteiger partial charge in [-0.25, -0.2) is 4.39 Å². The Morgan fingerprint density at radius 1 is 0.917 bits per heavy atom. The lowest BCUT2D eigenvalue weighted by Gasteiger charge is -2.08. The Hall–Kier alpha value is -3.01. The fourth-order valence-corrected chi connectivity index (χ4v) is 2.43. The average Bonchev–Trinajstić information content (AvgIpc) is 2.57. The van der Waals surface area contributed by atoms with Gasteiger partial charge in [0.05, 0.1) is 5.69 Å². The second kappa shape index (κ2) is 6.62. The summed E-state index contributed by atoms with van der Waals surface area (Å²) in [5.74, 6) is 0.939. The number of ketones is 1. The molecule has 0 aliphatic rings. The molecule has 0 radical (unpaired) electrons. The molecule has 1 aromatic heterocycles. The summed E-state index contributed by atoms with van der Waals surface area (Å²) in [6.07, 6.45) is 0. The molecule has 0 N–H and O–H groups in total. The Kier molecular flexibility index (Phi) is 4.38. The summed E-state index contributed by atoms with van der Waals surface area (Å²) in [7, 11) is 0. The summed E-state index contributed by atoms with van der Waals surface area (Å²) in [4.78, 5) is 16.0. The molecule has 0 atom stereocenters. The second-order valence-corrected chi connectivity index (χ2v) is 5.47. The first-order chi connectivity index (χ1) is 11.5. The molecule has 0 saturated heterocycles. The first-order valence-electron chi connectivity index (χ1n) is 7.55. The van der Waals surface area contributed by atoms with Crippen molar-refractivity contribution < 1.29 is 13.9 Å². The molecule has 3 rings (SSSR count). The van der Waals surface area contributed by atoms with Gasteiger partial charge >= 0.3 is 0 Å². The van der Waals surface area contributed by atoms with Crippen LogP contribution in [0.3, 0.4) is 0 Å². The molecule has 0 saturated carbocycles. The van der Waals surface area contributed by atoms with E-state index in [4.69, 9.17) is 4.74 Å². The fourth-order valence-electron chi connectivity index (χ4n) is 2.43. The van der Waals surface area contributed by atoms with Crippen molar-refractivity contribution in [2.24, 2.45) is 0 Å². The molecule has 0 amide bonds. The SMILES string of the molecule is CC(=O)c1ccc(-c2ccc(Oc3ccc(F)cc3)cc2)nc1C. The van der Waals surface area contributed by atoms with Crippen LogP contribution in [-0.4, -0.2) is 10.8 Å². The molecule has 1 heterocycles. The number of benzene rings is 2. The molecule has 0 unspecified atom stereocenters. The van der Waals surface area contributed by atoms with Crippen LogP contribution in [0.15, 0.2) is 60.7 Å². The van der Waals surface area contributed by atoms with E-state index in [0.29, 0.717) is 22.8 Å². The molecule has 0 aliphatic heterocycles. The minimum Gasteiger partial charge on any atom is -0.457 e. The monoisotopic (exact) mass is 321 g/mol. The molecule has 0 fully saturated rings. The normalized spacial score (nSPS) is 10.5. The van der Waals surface area contributed by atoms with Gasteiger partial charge in [-0.3, -0.25) is 9.78 Å². The quantitative estimate of drug-likeness (QED) is 0.621. The summed E-state index contributed by atoms with van der Waals surface area (Å²) < 4.78 is 18.6. The number of carbonyl (C=O) groups is 1. The zero-order valence-corrected chi connectivity index (χ0v) is 13.4. The molecular formula is C20H16FNO2. The number of hydrogen-bond acceptors (Lipinski definition) is 3. The van der Waals surface area contributed by atoms with Crippen molar-refractivity contribution in [2.45, 2.75) is 13.8 Å². The van der Waals surface area contributed by atoms with Crippen molar-refractivity contribution in [3.63, 3.8) is 0 Å². The number of aromatic nitrogens is 1. The van der Waals surface area contributed by atoms with Gasteiger partial charge in [0.25, 0.3) is 0 Å². The van der Waals surface area contributed by atoms with Crippen molar-refractivity contribution in [2.75, 3.05) is 0 Å². The number of nitrogens with zero attached hydrogens (tertiary/aromatic N) is 1. The molecule has 3 nitrogen and oxygen atoms in total. The molecule has 2 aromatic carbocycles. The Morgan fingerprint density at radius 2 is 1.50 bits per heavy atom. The lowest BCUT2D eigenvalue weighted by molar-refractivity contribution is 0.101. The second-order valence-electron chi connectivity index (χ2n) is 5.47. The molecular weight excluding hydrogens is 305 g/mol. The van der Waals surface area contributed by atoms with Crippen molar-refractivity contribution >= 4 is 5.78 Å². The van der Waals surface area contributed by atoms with E-state index in [1.807, 2.05) is 37.3 Å². The zero-order chi connectivity index (χ0) is 17.1. The fraction of sp³-hybridized carbons (Fsp3) is 0.100. The first kappa shape index (κ1) is 15.9. The van der Waals surface area contributed by atoms with Gasteiger partial charge in [0.1, 0.15) is 17.3 Å². The summed E-state index contributed by atoms with van der Waals surface area (Å²) in [6.45, 7) is 3.36. The van der Waals surface area contributed by atoms with E-state index < -0.39 is 0 Å². The number of halogens is 1. The van der Waals surface area contributed by atoms with Crippen molar-refractivity contribution in [1.82, 2.24) is 4.98 Å². The van der Waals surface area contributed by atoms with Crippen molar-refractivity contribution in [1.29, 1.82) is 0 Å². The van der Waals surface area contributed by atoms with Gasteiger partial charge in [-0.1, -0.05) is 0 Å². The van der Waals surface area contributed by atoms with Gasteiger partial charge in [0.2, 0.25) is 0 Å². The smallest absolute Gasteiger partial charge is 0.161 e. The number of pyridine rings is 1. The van der Waals surface area contributed by atoms with Gasteiger partial charge in [0.15, 0.2) is 5.78 Å². The Labute approximate surface area is 139 Å². The van der Waals surface area contributed by atoms with Crippen LogP contribution in [0.2, 0.25) is 0 Å². The van der Waals surface area contributed by atoms with E-state index in [1.165, 1.54) is 19.1 Å². The van der Waals surface area contributed by atoms with E-state index in [-0.39, 0.29) is 11.6 Å². The number of hydrogen-bond donors (Lipinski definition) is 0. The minimum absolute atomic E-state index is 0.00888. The third-order valence-corrected chi connectivity index (χ3v) is 3.66. The highest BCUT2D eigenvalue weighted by Crippen LogP contribution is 2.25. The third-order valence-electron chi connectivity index (χ3n) is 3.66. The van der Waals surface area contributed by atoms with Crippen LogP contribution in [0.5, 0.6) is 11.5 Å². The van der Waals surface area contributed by atoms with Crippen LogP contribution in [0.4, 0.5) is 4.39 Å². The number of carbonyl (C=O) groups excluding carboxylic acids is 1. The predicted molar refractivity (Wildman–Crippen MR) is 90.9 cm³/mol. The molecule has 0 aliphatic carbocycles. The molecule has 4 heteroatoms. The van der Waals surface area contributed by atoms with E-state index >= 15 is 0 Å². The summed E-state index contributed by atoms with van der Waals surface area (Å²) in [5.41, 5.74) is 3.08. The summed E-state index contributed by atoms with van der Waals surface area (Å²) in [6, 6.07) is 16.9. The van der Waals surface area contributed by atoms with Crippen LogP contribution < -0.4 is 4.74 Å². The third kappa shape index (κ3) is 3.49. The van der Waals surface area contributed by atoms with Crippen molar-refractivity contribution in [3.05, 3.63) is 77.7 Å². The molecule has 0 bridgehead atoms. The lowest BCUT2D eigenvalue weighted by Crippen LogP contribution is -1.99. The molecule has 24 heavy (non-hydrogen) atoms. The Bertz CT molecular complexity index is 871. The average molecular weight is 321 g/mol. The van der Waals surface area contributed by atoms with Gasteiger partial charge in [-0.2, -0.15) is 0 Å². The van der Waals surface area contributed by atoms with Gasteiger partial charge < -0.3 is 4.74 Å². The highest BCUT2D eigenvalue weighted by atomic mass is 19.1. The minimum atomic E-state index is -0.298. The molecule has 120 valence electrons. The van der Waals surface area contributed by atoms with Gasteiger partial charge in [0, 0.05) is 16.8 Å². The molecule has 3 aromatic rings. The van der Waals surface area contributed by atoms with E-state index in [0.717, 1.165) is 11.3 Å². The van der Waals surface area contributed by atoms with Crippen LogP contribution in [-0.2, 0) is 0 Å². The first-order valence-corrected chi connectivity index (χ1v) is 7.55. The van der Waals surface area contributed by atoms with E-state index in [9.17, 15) is 9.18 Å². The van der Waals surface area contributed by atoms with E-state index in [2.05, 4.69) is 4.98 Å². The van der Waals surface area contributed by atoms with E-state index in [1.54, 1.807) is 18.2 Å². The predicted octanol–water partition coefficient (Wildman–Crippen LogP) is 5.19. The lowest BCUT2D eigenvalue weighted by atomic mass is 10.1. The highest BCUT2D eigenvalue weighted by molar-refractivity contribution is 5.95.